The SMILES string of the molecule is CNS(=O)(=O)Cc1ccc2c(c1)C(=O)CC1(CCNCC1)O2. The number of nitrogens with one attached hydrogen (secondary N) is 2. The molecule has 22 heavy (non-hydrogen) atoms. The van der Waals surface area contributed by atoms with Crippen molar-refractivity contribution in [3.63, 3.8) is 0 Å². The molecular weight excluding hydrogens is 304 g/mol. The van der Waals surface area contributed by atoms with Crippen LogP contribution in [0.2, 0.25) is 0 Å². The number of fused-ring (bicyclic) bond motifs is 1. The van der Waals surface area contributed by atoms with E-state index in [2.05, 4.69) is 10.0 Å². The van der Waals surface area contributed by atoms with Gasteiger partial charge in [-0.1, -0.05) is 6.07 Å². The minimum atomic E-state index is -3.35. The van der Waals surface area contributed by atoms with Crippen LogP contribution in [0.5, 0.6) is 5.75 Å². The van der Waals surface area contributed by atoms with Crippen molar-refractivity contribution in [2.75, 3.05) is 20.1 Å². The molecule has 0 bridgehead atoms. The number of rotatable bonds is 3. The van der Waals surface area contributed by atoms with E-state index in [1.807, 2.05) is 0 Å². The molecule has 1 spiro atoms. The summed E-state index contributed by atoms with van der Waals surface area (Å²) in [5.41, 5.74) is 0.688. The molecule has 2 heterocycles. The summed E-state index contributed by atoms with van der Waals surface area (Å²) in [6.07, 6.45) is 1.99. The van der Waals surface area contributed by atoms with Crippen molar-refractivity contribution in [1.29, 1.82) is 0 Å². The lowest BCUT2D eigenvalue weighted by Crippen LogP contribution is -2.49. The molecule has 1 saturated heterocycles. The van der Waals surface area contributed by atoms with Gasteiger partial charge in [0.05, 0.1) is 17.7 Å². The Hall–Kier alpha value is -1.44. The molecule has 0 atom stereocenters. The summed E-state index contributed by atoms with van der Waals surface area (Å²) in [5.74, 6) is 0.467. The van der Waals surface area contributed by atoms with Crippen LogP contribution < -0.4 is 14.8 Å². The summed E-state index contributed by atoms with van der Waals surface area (Å²) in [7, 11) is -1.98. The van der Waals surface area contributed by atoms with Gasteiger partial charge in [0.2, 0.25) is 10.0 Å². The molecule has 0 aliphatic carbocycles. The Morgan fingerprint density at radius 3 is 2.73 bits per heavy atom. The standard InChI is InChI=1S/C15H20N2O4S/c1-16-22(19,20)10-11-2-3-14-12(8-11)13(18)9-15(21-14)4-6-17-7-5-15/h2-3,8,16-17H,4-7,9-10H2,1H3. The van der Waals surface area contributed by atoms with Crippen molar-refractivity contribution in [3.05, 3.63) is 29.3 Å². The first-order valence-electron chi connectivity index (χ1n) is 7.40. The highest BCUT2D eigenvalue weighted by molar-refractivity contribution is 7.88. The normalized spacial score (nSPS) is 20.5. The van der Waals surface area contributed by atoms with Gasteiger partial charge in [-0.2, -0.15) is 0 Å². The maximum atomic E-state index is 12.5. The fourth-order valence-electron chi connectivity index (χ4n) is 3.08. The van der Waals surface area contributed by atoms with Gasteiger partial charge >= 0.3 is 0 Å². The first kappa shape index (κ1) is 15.5. The molecule has 0 aromatic heterocycles. The van der Waals surface area contributed by atoms with Gasteiger partial charge in [-0.05, 0) is 37.8 Å². The number of ketones is 1. The average Bonchev–Trinajstić information content (AvgIpc) is 2.48. The lowest BCUT2D eigenvalue weighted by Gasteiger charge is -2.41. The molecule has 1 aromatic carbocycles. The third-order valence-corrected chi connectivity index (χ3v) is 5.67. The van der Waals surface area contributed by atoms with Crippen LogP contribution in [0.4, 0.5) is 0 Å². The van der Waals surface area contributed by atoms with Crippen LogP contribution in [-0.4, -0.2) is 39.9 Å². The van der Waals surface area contributed by atoms with Crippen molar-refractivity contribution in [1.82, 2.24) is 10.0 Å². The van der Waals surface area contributed by atoms with E-state index in [0.29, 0.717) is 23.3 Å². The molecular formula is C15H20N2O4S. The van der Waals surface area contributed by atoms with E-state index >= 15 is 0 Å². The summed E-state index contributed by atoms with van der Waals surface area (Å²) in [5, 5.41) is 3.27. The summed E-state index contributed by atoms with van der Waals surface area (Å²) in [6.45, 7) is 1.70. The Morgan fingerprint density at radius 2 is 2.05 bits per heavy atom. The van der Waals surface area contributed by atoms with Gasteiger partial charge in [-0.3, -0.25) is 4.79 Å². The molecule has 7 heteroatoms. The number of benzene rings is 1. The number of hydrogen-bond donors (Lipinski definition) is 2. The molecule has 0 unspecified atom stereocenters. The van der Waals surface area contributed by atoms with Crippen LogP contribution in [0.25, 0.3) is 0 Å². The lowest BCUT2D eigenvalue weighted by molar-refractivity contribution is 0.0187. The smallest absolute Gasteiger partial charge is 0.215 e. The molecule has 2 aliphatic heterocycles. The zero-order chi connectivity index (χ0) is 15.8. The second-order valence-electron chi connectivity index (χ2n) is 5.93. The number of carbonyl (C=O) groups is 1. The van der Waals surface area contributed by atoms with Crippen molar-refractivity contribution in [2.45, 2.75) is 30.6 Å². The molecule has 6 nitrogen and oxygen atoms in total. The predicted molar refractivity (Wildman–Crippen MR) is 82.5 cm³/mol. The topological polar surface area (TPSA) is 84.5 Å². The number of piperidine rings is 1. The van der Waals surface area contributed by atoms with Gasteiger partial charge in [0.1, 0.15) is 11.4 Å². The molecule has 0 radical (unpaired) electrons. The number of carbonyl (C=O) groups excluding carboxylic acids is 1. The van der Waals surface area contributed by atoms with Crippen LogP contribution in [0.3, 0.4) is 0 Å². The minimum absolute atomic E-state index is 0.0341. The van der Waals surface area contributed by atoms with E-state index in [1.165, 1.54) is 7.05 Å². The molecule has 2 aliphatic rings. The fourth-order valence-corrected chi connectivity index (χ4v) is 3.85. The Morgan fingerprint density at radius 1 is 1.32 bits per heavy atom. The maximum absolute atomic E-state index is 12.5. The van der Waals surface area contributed by atoms with Crippen LogP contribution in [0, 0.1) is 0 Å². The fraction of sp³-hybridized carbons (Fsp3) is 0.533. The third kappa shape index (κ3) is 3.02. The number of sulfonamides is 1. The summed E-state index contributed by atoms with van der Waals surface area (Å²) < 4.78 is 31.6. The highest BCUT2D eigenvalue weighted by atomic mass is 32.2. The molecule has 2 N–H and O–H groups in total. The van der Waals surface area contributed by atoms with Crippen LogP contribution in [-0.2, 0) is 15.8 Å². The summed E-state index contributed by atoms with van der Waals surface area (Å²) in [6, 6.07) is 5.07. The first-order valence-corrected chi connectivity index (χ1v) is 9.05. The van der Waals surface area contributed by atoms with Crippen LogP contribution in [0.1, 0.15) is 35.2 Å². The highest BCUT2D eigenvalue weighted by Gasteiger charge is 2.41. The van der Waals surface area contributed by atoms with Gasteiger partial charge in [0.25, 0.3) is 0 Å². The predicted octanol–water partition coefficient (Wildman–Crippen LogP) is 0.823. The van der Waals surface area contributed by atoms with Crippen molar-refractivity contribution in [2.24, 2.45) is 0 Å². The van der Waals surface area contributed by atoms with Gasteiger partial charge < -0.3 is 10.1 Å². The second kappa shape index (κ2) is 5.64. The maximum Gasteiger partial charge on any atom is 0.215 e. The van der Waals surface area contributed by atoms with Crippen molar-refractivity contribution < 1.29 is 17.9 Å². The molecule has 1 fully saturated rings. The Kier molecular flexibility index (Phi) is 3.96. The van der Waals surface area contributed by atoms with E-state index in [0.717, 1.165) is 25.9 Å². The monoisotopic (exact) mass is 324 g/mol. The van der Waals surface area contributed by atoms with E-state index in [9.17, 15) is 13.2 Å². The zero-order valence-electron chi connectivity index (χ0n) is 12.5. The van der Waals surface area contributed by atoms with Gasteiger partial charge in [0.15, 0.2) is 5.78 Å². The van der Waals surface area contributed by atoms with Crippen molar-refractivity contribution in [3.8, 4) is 5.75 Å². The van der Waals surface area contributed by atoms with E-state index in [-0.39, 0.29) is 11.5 Å². The average molecular weight is 324 g/mol. The van der Waals surface area contributed by atoms with Gasteiger partial charge in [0, 0.05) is 12.8 Å². The van der Waals surface area contributed by atoms with Gasteiger partial charge in [-0.15, -0.1) is 0 Å². The minimum Gasteiger partial charge on any atom is -0.486 e. The highest BCUT2D eigenvalue weighted by Crippen LogP contribution is 2.38. The van der Waals surface area contributed by atoms with Crippen LogP contribution >= 0.6 is 0 Å². The molecule has 0 saturated carbocycles. The van der Waals surface area contributed by atoms with E-state index < -0.39 is 15.6 Å². The molecule has 120 valence electrons. The largest absolute Gasteiger partial charge is 0.486 e. The number of Topliss-reactive ketones (excluding diaryl/α,β-unsaturated/α-hetero) is 1. The second-order valence-corrected chi connectivity index (χ2v) is 7.86. The quantitative estimate of drug-likeness (QED) is 0.860. The summed E-state index contributed by atoms with van der Waals surface area (Å²) in [4.78, 5) is 12.5. The third-order valence-electron chi connectivity index (χ3n) is 4.34. The Balaban J connectivity index is 1.88. The zero-order valence-corrected chi connectivity index (χ0v) is 13.3. The Bertz CT molecular complexity index is 693. The molecule has 3 rings (SSSR count). The first-order chi connectivity index (χ1) is 10.4. The number of ether oxygens (including phenoxy) is 1. The molecule has 1 aromatic rings. The van der Waals surface area contributed by atoms with E-state index in [1.54, 1.807) is 18.2 Å². The van der Waals surface area contributed by atoms with Crippen molar-refractivity contribution >= 4 is 15.8 Å². The Labute approximate surface area is 130 Å². The molecule has 0 amide bonds. The van der Waals surface area contributed by atoms with E-state index in [4.69, 9.17) is 4.74 Å². The lowest BCUT2D eigenvalue weighted by atomic mass is 9.83. The summed E-state index contributed by atoms with van der Waals surface area (Å²) >= 11 is 0. The number of hydrogen-bond acceptors (Lipinski definition) is 5. The van der Waals surface area contributed by atoms with Crippen LogP contribution in [0.15, 0.2) is 18.2 Å². The van der Waals surface area contributed by atoms with Gasteiger partial charge in [-0.25, -0.2) is 13.1 Å².